The third kappa shape index (κ3) is 5.64. The van der Waals surface area contributed by atoms with Crippen LogP contribution >= 0.6 is 0 Å². The minimum Gasteiger partial charge on any atom is -0.345 e. The molecule has 0 aliphatic heterocycles. The molecule has 7 heteroatoms. The van der Waals surface area contributed by atoms with Crippen molar-refractivity contribution in [3.63, 3.8) is 0 Å². The summed E-state index contributed by atoms with van der Waals surface area (Å²) in [6.07, 6.45) is 4.12. The zero-order valence-electron chi connectivity index (χ0n) is 16.7. The first-order valence-electron chi connectivity index (χ1n) is 9.03. The fourth-order valence-corrected chi connectivity index (χ4v) is 2.65. The maximum atomic E-state index is 12.8. The molecule has 0 aliphatic carbocycles. The van der Waals surface area contributed by atoms with E-state index < -0.39 is 5.41 Å². The van der Waals surface area contributed by atoms with Gasteiger partial charge in [0.1, 0.15) is 5.41 Å². The number of aromatic nitrogens is 1. The summed E-state index contributed by atoms with van der Waals surface area (Å²) < 4.78 is 0. The Kier molecular flexibility index (Phi) is 6.87. The molecule has 2 aromatic rings. The van der Waals surface area contributed by atoms with Crippen molar-refractivity contribution in [2.24, 2.45) is 5.41 Å². The zero-order valence-corrected chi connectivity index (χ0v) is 16.7. The maximum Gasteiger partial charge on any atom is 0.239 e. The molecule has 0 bridgehead atoms. The number of nitrogens with zero attached hydrogens (tertiary/aromatic N) is 2. The van der Waals surface area contributed by atoms with Gasteiger partial charge in [0.25, 0.3) is 0 Å². The van der Waals surface area contributed by atoms with Crippen molar-refractivity contribution >= 4 is 29.1 Å². The van der Waals surface area contributed by atoms with E-state index in [1.807, 2.05) is 12.1 Å². The fraction of sp³-hybridized carbons (Fsp3) is 0.333. The monoisotopic (exact) mass is 382 g/mol. The van der Waals surface area contributed by atoms with Gasteiger partial charge in [-0.15, -0.1) is 0 Å². The van der Waals surface area contributed by atoms with E-state index >= 15 is 0 Å². The number of hydrogen-bond donors (Lipinski definition) is 2. The van der Waals surface area contributed by atoms with Crippen LogP contribution in [-0.4, -0.2) is 41.2 Å². The second-order valence-electron chi connectivity index (χ2n) is 7.17. The van der Waals surface area contributed by atoms with Crippen molar-refractivity contribution in [2.75, 3.05) is 24.2 Å². The van der Waals surface area contributed by atoms with E-state index in [4.69, 9.17) is 0 Å². The van der Waals surface area contributed by atoms with Crippen molar-refractivity contribution < 1.29 is 14.4 Å². The second-order valence-corrected chi connectivity index (χ2v) is 7.17. The third-order valence-corrected chi connectivity index (χ3v) is 4.40. The highest BCUT2D eigenvalue weighted by Gasteiger charge is 2.38. The Morgan fingerprint density at radius 3 is 2.04 bits per heavy atom. The lowest BCUT2D eigenvalue weighted by molar-refractivity contribution is -0.145. The number of amides is 3. The molecule has 1 heterocycles. The molecule has 1 aromatic carbocycles. The normalized spacial score (nSPS) is 10.9. The van der Waals surface area contributed by atoms with Crippen molar-refractivity contribution in [2.45, 2.75) is 27.2 Å². The van der Waals surface area contributed by atoms with E-state index in [0.717, 1.165) is 5.56 Å². The first kappa shape index (κ1) is 21.1. The molecule has 1 aromatic heterocycles. The van der Waals surface area contributed by atoms with Gasteiger partial charge in [0.15, 0.2) is 0 Å². The smallest absolute Gasteiger partial charge is 0.239 e. The first-order valence-corrected chi connectivity index (χ1v) is 9.03. The van der Waals surface area contributed by atoms with E-state index in [1.54, 1.807) is 62.5 Å². The number of nitrogens with one attached hydrogen (secondary N) is 2. The lowest BCUT2D eigenvalue weighted by atomic mass is 9.90. The molecule has 2 rings (SSSR count). The quantitative estimate of drug-likeness (QED) is 0.720. The summed E-state index contributed by atoms with van der Waals surface area (Å²) in [4.78, 5) is 42.1. The van der Waals surface area contributed by atoms with Gasteiger partial charge in [-0.1, -0.05) is 0 Å². The summed E-state index contributed by atoms with van der Waals surface area (Å²) in [6, 6.07) is 10.5. The molecule has 0 saturated heterocycles. The SMILES string of the molecule is CC(=O)Nc1ccc(NC(=O)C(C)(C)C(=O)N(C)CCc2ccncc2)cc1. The first-order chi connectivity index (χ1) is 13.2. The van der Waals surface area contributed by atoms with Crippen LogP contribution in [0.1, 0.15) is 26.3 Å². The zero-order chi connectivity index (χ0) is 20.7. The van der Waals surface area contributed by atoms with Crippen molar-refractivity contribution in [3.05, 3.63) is 54.4 Å². The van der Waals surface area contributed by atoms with Gasteiger partial charge in [0.2, 0.25) is 17.7 Å². The molecule has 0 radical (unpaired) electrons. The van der Waals surface area contributed by atoms with Crippen molar-refractivity contribution in [1.82, 2.24) is 9.88 Å². The van der Waals surface area contributed by atoms with E-state index in [9.17, 15) is 14.4 Å². The highest BCUT2D eigenvalue weighted by atomic mass is 16.2. The summed E-state index contributed by atoms with van der Waals surface area (Å²) in [6.45, 7) is 5.15. The van der Waals surface area contributed by atoms with Crippen molar-refractivity contribution in [1.29, 1.82) is 0 Å². The number of hydrogen-bond acceptors (Lipinski definition) is 4. The number of carbonyl (C=O) groups is 3. The highest BCUT2D eigenvalue weighted by Crippen LogP contribution is 2.22. The van der Waals surface area contributed by atoms with Crippen LogP contribution in [0.4, 0.5) is 11.4 Å². The molecule has 0 atom stereocenters. The highest BCUT2D eigenvalue weighted by molar-refractivity contribution is 6.09. The lowest BCUT2D eigenvalue weighted by Gasteiger charge is -2.28. The molecule has 28 heavy (non-hydrogen) atoms. The summed E-state index contributed by atoms with van der Waals surface area (Å²) in [5, 5.41) is 5.42. The van der Waals surface area contributed by atoms with Crippen LogP contribution in [0.25, 0.3) is 0 Å². The average Bonchev–Trinajstić information content (AvgIpc) is 2.67. The Hall–Kier alpha value is -3.22. The number of likely N-dealkylation sites (N-methyl/N-ethyl adjacent to an activating group) is 1. The van der Waals surface area contributed by atoms with Gasteiger partial charge in [-0.25, -0.2) is 0 Å². The molecule has 0 fully saturated rings. The maximum absolute atomic E-state index is 12.8. The van der Waals surface area contributed by atoms with E-state index in [0.29, 0.717) is 24.3 Å². The molecule has 0 aliphatic rings. The van der Waals surface area contributed by atoms with Gasteiger partial charge < -0.3 is 15.5 Å². The lowest BCUT2D eigenvalue weighted by Crippen LogP contribution is -2.46. The van der Waals surface area contributed by atoms with Crippen LogP contribution in [0.5, 0.6) is 0 Å². The standard InChI is InChI=1S/C21H26N4O3/c1-15(26)23-17-5-7-18(8-6-17)24-19(27)21(2,3)20(28)25(4)14-11-16-9-12-22-13-10-16/h5-10,12-13H,11,14H2,1-4H3,(H,23,26)(H,24,27). The Morgan fingerprint density at radius 1 is 0.964 bits per heavy atom. The van der Waals surface area contributed by atoms with E-state index in [2.05, 4.69) is 15.6 Å². The van der Waals surface area contributed by atoms with E-state index in [1.165, 1.54) is 6.92 Å². The third-order valence-electron chi connectivity index (χ3n) is 4.40. The predicted octanol–water partition coefficient (Wildman–Crippen LogP) is 2.71. The Balaban J connectivity index is 1.96. The van der Waals surface area contributed by atoms with Crippen LogP contribution in [0.3, 0.4) is 0 Å². The Labute approximate surface area is 165 Å². The van der Waals surface area contributed by atoms with Gasteiger partial charge >= 0.3 is 0 Å². The number of pyridine rings is 1. The number of carbonyl (C=O) groups excluding carboxylic acids is 3. The van der Waals surface area contributed by atoms with Gasteiger partial charge in [-0.3, -0.25) is 19.4 Å². The summed E-state index contributed by atoms with van der Waals surface area (Å²) in [5.41, 5.74) is 1.05. The molecular weight excluding hydrogens is 356 g/mol. The van der Waals surface area contributed by atoms with Crippen LogP contribution in [0.2, 0.25) is 0 Å². The van der Waals surface area contributed by atoms with Crippen LogP contribution < -0.4 is 10.6 Å². The van der Waals surface area contributed by atoms with Crippen LogP contribution in [0.15, 0.2) is 48.8 Å². The van der Waals surface area contributed by atoms with Gasteiger partial charge in [0, 0.05) is 44.3 Å². The van der Waals surface area contributed by atoms with Crippen LogP contribution in [-0.2, 0) is 20.8 Å². The molecule has 3 amide bonds. The molecule has 7 nitrogen and oxygen atoms in total. The second kappa shape index (κ2) is 9.12. The Morgan fingerprint density at radius 2 is 1.50 bits per heavy atom. The number of rotatable bonds is 7. The number of anilines is 2. The largest absolute Gasteiger partial charge is 0.345 e. The summed E-state index contributed by atoms with van der Waals surface area (Å²) >= 11 is 0. The van der Waals surface area contributed by atoms with Gasteiger partial charge in [0.05, 0.1) is 0 Å². The van der Waals surface area contributed by atoms with Gasteiger partial charge in [-0.2, -0.15) is 0 Å². The van der Waals surface area contributed by atoms with Gasteiger partial charge in [-0.05, 0) is 62.2 Å². The fourth-order valence-electron chi connectivity index (χ4n) is 2.65. The molecule has 0 spiro atoms. The molecular formula is C21H26N4O3. The predicted molar refractivity (Wildman–Crippen MR) is 109 cm³/mol. The average molecular weight is 382 g/mol. The number of benzene rings is 1. The summed E-state index contributed by atoms with van der Waals surface area (Å²) in [5.74, 6) is -0.812. The topological polar surface area (TPSA) is 91.4 Å². The van der Waals surface area contributed by atoms with E-state index in [-0.39, 0.29) is 17.7 Å². The molecule has 0 saturated carbocycles. The molecule has 148 valence electrons. The molecule has 2 N–H and O–H groups in total. The minimum atomic E-state index is -1.22. The Bertz CT molecular complexity index is 832. The van der Waals surface area contributed by atoms with Crippen LogP contribution in [0, 0.1) is 5.41 Å². The molecule has 0 unspecified atom stereocenters. The minimum absolute atomic E-state index is 0.168. The van der Waals surface area contributed by atoms with Crippen molar-refractivity contribution in [3.8, 4) is 0 Å². The summed E-state index contributed by atoms with van der Waals surface area (Å²) in [7, 11) is 1.70.